The van der Waals surface area contributed by atoms with Crippen LogP contribution in [0.1, 0.15) is 49.3 Å². The molecule has 0 bridgehead atoms. The standard InChI is InChI=1S/C23H19ClN4O4/c1-3-32-22(31)18-17(12-28-20(29)15-9-4-5-10-16(15)21(28)30)26-23(24)27-19(18)25-14-8-6-7-13(2)11-14/h4-11H,3,12H2,1-2H3,(H,25,26,27). The molecule has 0 atom stereocenters. The van der Waals surface area contributed by atoms with E-state index in [1.807, 2.05) is 31.2 Å². The Hall–Kier alpha value is -3.78. The van der Waals surface area contributed by atoms with Crippen LogP contribution < -0.4 is 5.32 Å². The van der Waals surface area contributed by atoms with Crippen LogP contribution in [-0.2, 0) is 11.3 Å². The van der Waals surface area contributed by atoms with Crippen LogP contribution in [0.3, 0.4) is 0 Å². The second-order valence-electron chi connectivity index (χ2n) is 7.12. The van der Waals surface area contributed by atoms with Crippen LogP contribution in [0, 0.1) is 6.92 Å². The van der Waals surface area contributed by atoms with Gasteiger partial charge in [0, 0.05) is 5.69 Å². The fourth-order valence-corrected chi connectivity index (χ4v) is 3.68. The lowest BCUT2D eigenvalue weighted by Crippen LogP contribution is -2.31. The summed E-state index contributed by atoms with van der Waals surface area (Å²) in [6.07, 6.45) is 0. The number of imide groups is 1. The fraction of sp³-hybridized carbons (Fsp3) is 0.174. The summed E-state index contributed by atoms with van der Waals surface area (Å²) in [6, 6.07) is 14.0. The molecule has 0 saturated carbocycles. The molecule has 162 valence electrons. The Morgan fingerprint density at radius 3 is 2.38 bits per heavy atom. The van der Waals surface area contributed by atoms with Crippen LogP contribution >= 0.6 is 11.6 Å². The van der Waals surface area contributed by atoms with Crippen molar-refractivity contribution in [2.45, 2.75) is 20.4 Å². The first-order chi connectivity index (χ1) is 15.4. The zero-order valence-electron chi connectivity index (χ0n) is 17.4. The lowest BCUT2D eigenvalue weighted by atomic mass is 10.1. The number of hydrogen-bond donors (Lipinski definition) is 1. The number of aromatic nitrogens is 2. The third-order valence-electron chi connectivity index (χ3n) is 4.90. The minimum absolute atomic E-state index is 0.00862. The molecule has 1 aliphatic rings. The Labute approximate surface area is 189 Å². The SMILES string of the molecule is CCOC(=O)c1c(CN2C(=O)c3ccccc3C2=O)nc(Cl)nc1Nc1cccc(C)c1. The average molecular weight is 451 g/mol. The Bertz CT molecular complexity index is 1210. The number of aryl methyl sites for hydroxylation is 1. The van der Waals surface area contributed by atoms with Crippen molar-refractivity contribution >= 4 is 40.9 Å². The summed E-state index contributed by atoms with van der Waals surface area (Å²) in [5, 5.41) is 2.93. The van der Waals surface area contributed by atoms with Crippen molar-refractivity contribution < 1.29 is 19.1 Å². The normalized spacial score (nSPS) is 12.7. The van der Waals surface area contributed by atoms with Gasteiger partial charge in [0.05, 0.1) is 30.0 Å². The molecule has 8 nitrogen and oxygen atoms in total. The van der Waals surface area contributed by atoms with Crippen LogP contribution in [0.4, 0.5) is 11.5 Å². The number of esters is 1. The molecule has 1 aliphatic heterocycles. The number of carbonyl (C=O) groups is 3. The first-order valence-corrected chi connectivity index (χ1v) is 10.3. The number of nitrogens with zero attached hydrogens (tertiary/aromatic N) is 3. The number of anilines is 2. The zero-order chi connectivity index (χ0) is 22.8. The van der Waals surface area contributed by atoms with Gasteiger partial charge in [0.1, 0.15) is 11.4 Å². The minimum atomic E-state index is -0.689. The van der Waals surface area contributed by atoms with Gasteiger partial charge in [-0.1, -0.05) is 24.3 Å². The summed E-state index contributed by atoms with van der Waals surface area (Å²) in [6.45, 7) is 3.47. The van der Waals surface area contributed by atoms with Crippen molar-refractivity contribution in [3.05, 3.63) is 81.8 Å². The summed E-state index contributed by atoms with van der Waals surface area (Å²) in [5.74, 6) is -1.50. The lowest BCUT2D eigenvalue weighted by Gasteiger charge is -2.18. The van der Waals surface area contributed by atoms with E-state index in [4.69, 9.17) is 16.3 Å². The summed E-state index contributed by atoms with van der Waals surface area (Å²) in [4.78, 5) is 47.8. The number of rotatable bonds is 6. The highest BCUT2D eigenvalue weighted by Crippen LogP contribution is 2.29. The van der Waals surface area contributed by atoms with Gasteiger partial charge >= 0.3 is 5.97 Å². The van der Waals surface area contributed by atoms with Crippen LogP contribution in [0.15, 0.2) is 48.5 Å². The second-order valence-corrected chi connectivity index (χ2v) is 7.46. The summed E-state index contributed by atoms with van der Waals surface area (Å²) >= 11 is 6.15. The van der Waals surface area contributed by atoms with Crippen molar-refractivity contribution in [2.24, 2.45) is 0 Å². The maximum Gasteiger partial charge on any atom is 0.343 e. The van der Waals surface area contributed by atoms with Gasteiger partial charge in [-0.2, -0.15) is 4.98 Å². The second kappa shape index (κ2) is 8.76. The first kappa shape index (κ1) is 21.5. The quantitative estimate of drug-likeness (QED) is 0.342. The maximum atomic E-state index is 12.8. The zero-order valence-corrected chi connectivity index (χ0v) is 18.1. The van der Waals surface area contributed by atoms with E-state index in [9.17, 15) is 14.4 Å². The van der Waals surface area contributed by atoms with Gasteiger partial charge < -0.3 is 10.1 Å². The number of nitrogens with one attached hydrogen (secondary N) is 1. The third kappa shape index (κ3) is 4.04. The highest BCUT2D eigenvalue weighted by Gasteiger charge is 2.37. The van der Waals surface area contributed by atoms with Crippen molar-refractivity contribution in [1.29, 1.82) is 0 Å². The number of ether oxygens (including phenoxy) is 1. The molecule has 2 heterocycles. The van der Waals surface area contributed by atoms with Gasteiger partial charge in [-0.15, -0.1) is 0 Å². The largest absolute Gasteiger partial charge is 0.462 e. The molecule has 32 heavy (non-hydrogen) atoms. The molecule has 3 aromatic rings. The molecular formula is C23H19ClN4O4. The molecule has 1 N–H and O–H groups in total. The van der Waals surface area contributed by atoms with Crippen molar-refractivity contribution in [1.82, 2.24) is 14.9 Å². The molecule has 2 aromatic carbocycles. The number of amides is 2. The molecular weight excluding hydrogens is 432 g/mol. The van der Waals surface area contributed by atoms with Gasteiger partial charge in [-0.25, -0.2) is 9.78 Å². The highest BCUT2D eigenvalue weighted by atomic mass is 35.5. The van der Waals surface area contributed by atoms with E-state index in [2.05, 4.69) is 15.3 Å². The minimum Gasteiger partial charge on any atom is -0.462 e. The molecule has 4 rings (SSSR count). The van der Waals surface area contributed by atoms with Gasteiger partial charge in [0.25, 0.3) is 11.8 Å². The van der Waals surface area contributed by atoms with Crippen LogP contribution in [0.25, 0.3) is 0 Å². The van der Waals surface area contributed by atoms with E-state index in [0.717, 1.165) is 10.5 Å². The van der Waals surface area contributed by atoms with Gasteiger partial charge in [-0.3, -0.25) is 14.5 Å². The first-order valence-electron chi connectivity index (χ1n) is 9.91. The Balaban J connectivity index is 1.76. The maximum absolute atomic E-state index is 12.8. The molecule has 0 saturated heterocycles. The molecule has 0 spiro atoms. The van der Waals surface area contributed by atoms with Crippen LogP contribution in [0.2, 0.25) is 5.28 Å². The van der Waals surface area contributed by atoms with E-state index in [0.29, 0.717) is 16.8 Å². The Morgan fingerprint density at radius 1 is 1.06 bits per heavy atom. The van der Waals surface area contributed by atoms with E-state index >= 15 is 0 Å². The average Bonchev–Trinajstić information content (AvgIpc) is 2.99. The van der Waals surface area contributed by atoms with Crippen molar-refractivity contribution in [3.8, 4) is 0 Å². The predicted molar refractivity (Wildman–Crippen MR) is 118 cm³/mol. The molecule has 0 fully saturated rings. The fourth-order valence-electron chi connectivity index (χ4n) is 3.49. The summed E-state index contributed by atoms with van der Waals surface area (Å²) in [5.41, 5.74) is 2.39. The number of hydrogen-bond acceptors (Lipinski definition) is 7. The topological polar surface area (TPSA) is 101 Å². The van der Waals surface area contributed by atoms with Crippen molar-refractivity contribution in [3.63, 3.8) is 0 Å². The lowest BCUT2D eigenvalue weighted by molar-refractivity contribution is 0.0516. The molecule has 2 amide bonds. The molecule has 0 unspecified atom stereocenters. The smallest absolute Gasteiger partial charge is 0.343 e. The van der Waals surface area contributed by atoms with E-state index < -0.39 is 17.8 Å². The van der Waals surface area contributed by atoms with Crippen LogP contribution in [-0.4, -0.2) is 39.3 Å². The Morgan fingerprint density at radius 2 is 1.75 bits per heavy atom. The van der Waals surface area contributed by atoms with Gasteiger partial charge in [0.2, 0.25) is 5.28 Å². The number of fused-ring (bicyclic) bond motifs is 1. The number of carbonyl (C=O) groups excluding carboxylic acids is 3. The summed E-state index contributed by atoms with van der Waals surface area (Å²) < 4.78 is 5.20. The van der Waals surface area contributed by atoms with Gasteiger partial charge in [0.15, 0.2) is 0 Å². The third-order valence-corrected chi connectivity index (χ3v) is 5.07. The summed E-state index contributed by atoms with van der Waals surface area (Å²) in [7, 11) is 0. The molecule has 0 aliphatic carbocycles. The highest BCUT2D eigenvalue weighted by molar-refractivity contribution is 6.28. The van der Waals surface area contributed by atoms with Crippen molar-refractivity contribution in [2.75, 3.05) is 11.9 Å². The molecule has 9 heteroatoms. The van der Waals surface area contributed by atoms with E-state index in [-0.39, 0.29) is 35.5 Å². The van der Waals surface area contributed by atoms with E-state index in [1.54, 1.807) is 31.2 Å². The predicted octanol–water partition coefficient (Wildman–Crippen LogP) is 4.15. The molecule has 1 aromatic heterocycles. The van der Waals surface area contributed by atoms with Crippen LogP contribution in [0.5, 0.6) is 0 Å². The molecule has 0 radical (unpaired) electrons. The number of halogens is 1. The number of benzene rings is 2. The Kier molecular flexibility index (Phi) is 5.87. The van der Waals surface area contributed by atoms with E-state index in [1.165, 1.54) is 0 Å². The monoisotopic (exact) mass is 450 g/mol. The van der Waals surface area contributed by atoms with Gasteiger partial charge in [-0.05, 0) is 55.3 Å².